The van der Waals surface area contributed by atoms with Crippen molar-refractivity contribution in [2.45, 2.75) is 147 Å². The van der Waals surface area contributed by atoms with E-state index in [2.05, 4.69) is 42.2 Å². The number of imide groups is 1. The molecule has 7 rings (SSSR count). The van der Waals surface area contributed by atoms with Gasteiger partial charge in [-0.2, -0.15) is 0 Å². The zero-order valence-corrected chi connectivity index (χ0v) is 54.9. The fourth-order valence-electron chi connectivity index (χ4n) is 12.1. The van der Waals surface area contributed by atoms with E-state index in [1.807, 2.05) is 0 Å². The van der Waals surface area contributed by atoms with Gasteiger partial charge in [0.1, 0.15) is 5.03 Å². The summed E-state index contributed by atoms with van der Waals surface area (Å²) in [6, 6.07) is 7.28. The van der Waals surface area contributed by atoms with Gasteiger partial charge < -0.3 is 57.5 Å². The van der Waals surface area contributed by atoms with Gasteiger partial charge in [-0.25, -0.2) is 0 Å². The van der Waals surface area contributed by atoms with Crippen LogP contribution in [0.2, 0.25) is 0 Å². The van der Waals surface area contributed by atoms with Crippen molar-refractivity contribution in [2.75, 3.05) is 50.4 Å². The van der Waals surface area contributed by atoms with Crippen LogP contribution in [0, 0.1) is 41.4 Å². The number of aromatic amines is 1. The number of nitrogens with one attached hydrogen (secondary N) is 8. The molecule has 0 saturated carbocycles. The Balaban J connectivity index is 1.15. The van der Waals surface area contributed by atoms with Crippen LogP contribution in [0.3, 0.4) is 0 Å². The van der Waals surface area contributed by atoms with E-state index in [-0.39, 0.29) is 68.2 Å². The van der Waals surface area contributed by atoms with E-state index in [0.29, 0.717) is 28.6 Å². The number of aliphatic hydroxyl groups excluding tert-OH is 3. The molecule has 1 saturated heterocycles. The summed E-state index contributed by atoms with van der Waals surface area (Å²) in [6.07, 6.45) is -3.78. The number of carbonyl (C=O) groups excluding carboxylic acids is 14. The van der Waals surface area contributed by atoms with Gasteiger partial charge in [-0.15, -0.1) is 0 Å². The van der Waals surface area contributed by atoms with Crippen LogP contribution in [-0.4, -0.2) is 198 Å². The maximum Gasteiger partial charge on any atom is 0.253 e. The molecule has 0 spiro atoms. The molecule has 1 fully saturated rings. The highest BCUT2D eigenvalue weighted by molar-refractivity contribution is 7.85. The van der Waals surface area contributed by atoms with Crippen LogP contribution in [0.25, 0.3) is 10.9 Å². The quantitative estimate of drug-likeness (QED) is 0.0675. The third-order valence-electron chi connectivity index (χ3n) is 18.1. The van der Waals surface area contributed by atoms with Gasteiger partial charge in [-0.05, 0) is 54.0 Å². The highest BCUT2D eigenvalue weighted by atomic mass is 32.2. The second-order valence-electron chi connectivity index (χ2n) is 25.6. The molecular weight excluding hydrogens is 1250 g/mol. The molecule has 4 aliphatic heterocycles. The number of ketones is 5. The first-order chi connectivity index (χ1) is 45.0. The van der Waals surface area contributed by atoms with Crippen LogP contribution in [0.4, 0.5) is 5.69 Å². The van der Waals surface area contributed by atoms with Crippen LogP contribution in [-0.2, 0) is 90.9 Å². The number of aliphatic hydroxyl groups is 3. The standard InChI is InChI=1S/C66H86N10O18S/c1-7-35(4)45-25-42(78)28-68-63(91)40-21-46-44-10-8-9-11-47(44)72-66(46)95(94)33-48(71-57(87)29-69-64(45)92)50(80)22-39(53(83)31-75-30-43(79)26-49(75)65(93)74-61(52(82)23-40)37(6)54(84)32-77)24-56(86)67-27-38-12-14-41(15-13-38)70-62(90)36(5)20-51(81)60(34(2)3)73-55(85)18-19-76-58(88)16-17-59(76)89/h8-17,34-37,39-40,43,45,48-49,54,60-61,72,77,79,84H,7,18-33H2,1-6H3,(H,67,86)(H,68,91)(H,69,92)(H,70,90)(H,71,87)(H,73,85)(H,74,93)/t35-,36+,37-,39-,40+,43?,45-,48?,49-,54-,60-,61-,95?/m0/s1. The predicted octanol–water partition coefficient (Wildman–Crippen LogP) is -0.491. The van der Waals surface area contributed by atoms with Crippen molar-refractivity contribution < 1.29 is 86.7 Å². The number of fused-ring (bicyclic) bond motifs is 5. The summed E-state index contributed by atoms with van der Waals surface area (Å²) in [5, 5.41) is 51.1. The number of H-pyrrole nitrogens is 1. The zero-order valence-electron chi connectivity index (χ0n) is 54.1. The fourth-order valence-corrected chi connectivity index (χ4v) is 13.6. The Morgan fingerprint density at radius 1 is 0.779 bits per heavy atom. The number of Topliss-reactive ketones (excluding diaryl/α,β-unsaturated/α-hetero) is 5. The van der Waals surface area contributed by atoms with Gasteiger partial charge in [0.15, 0.2) is 28.9 Å². The molecular formula is C66H86N10O18S. The molecule has 13 atom stereocenters. The van der Waals surface area contributed by atoms with Crippen molar-refractivity contribution in [3.05, 3.63) is 71.8 Å². The molecule has 95 heavy (non-hydrogen) atoms. The molecule has 514 valence electrons. The average molecular weight is 1340 g/mol. The first-order valence-electron chi connectivity index (χ1n) is 32.0. The van der Waals surface area contributed by atoms with Gasteiger partial charge in [0.05, 0.1) is 79.2 Å². The van der Waals surface area contributed by atoms with Gasteiger partial charge in [0.25, 0.3) is 11.8 Å². The maximum atomic E-state index is 15.1. The molecule has 29 heteroatoms. The Morgan fingerprint density at radius 3 is 2.14 bits per heavy atom. The molecule has 2 bridgehead atoms. The van der Waals surface area contributed by atoms with E-state index in [9.17, 15) is 77.6 Å². The summed E-state index contributed by atoms with van der Waals surface area (Å²) >= 11 is 0. The molecule has 5 heterocycles. The summed E-state index contributed by atoms with van der Waals surface area (Å²) in [4.78, 5) is 198. The summed E-state index contributed by atoms with van der Waals surface area (Å²) in [6.45, 7) is 6.45. The highest BCUT2D eigenvalue weighted by Gasteiger charge is 2.43. The monoisotopic (exact) mass is 1340 g/mol. The maximum absolute atomic E-state index is 15.1. The largest absolute Gasteiger partial charge is 0.394 e. The van der Waals surface area contributed by atoms with E-state index in [1.54, 1.807) is 64.1 Å². The highest BCUT2D eigenvalue weighted by Crippen LogP contribution is 2.31. The van der Waals surface area contributed by atoms with Crippen molar-refractivity contribution in [3.63, 3.8) is 0 Å². The average Bonchev–Trinajstić information content (AvgIpc) is 1.65. The number of carbonyl (C=O) groups is 14. The Hall–Kier alpha value is -8.51. The Labute approximate surface area is 551 Å². The summed E-state index contributed by atoms with van der Waals surface area (Å²) in [7, 11) is -2.31. The number of anilines is 1. The Morgan fingerprint density at radius 2 is 1.46 bits per heavy atom. The van der Waals surface area contributed by atoms with Gasteiger partial charge in [-0.1, -0.05) is 78.3 Å². The fraction of sp³-hybridized carbons (Fsp3) is 0.545. The number of nitrogens with zero attached hydrogens (tertiary/aromatic N) is 2. The molecule has 9 amide bonds. The molecule has 4 aliphatic rings. The van der Waals surface area contributed by atoms with E-state index in [0.717, 1.165) is 17.1 Å². The zero-order chi connectivity index (χ0) is 69.5. The predicted molar refractivity (Wildman–Crippen MR) is 343 cm³/mol. The molecule has 28 nitrogen and oxygen atoms in total. The lowest BCUT2D eigenvalue weighted by molar-refractivity contribution is -0.138. The second-order valence-corrected chi connectivity index (χ2v) is 27.0. The lowest BCUT2D eigenvalue weighted by atomic mass is 9.85. The molecule has 0 radical (unpaired) electrons. The Bertz CT molecular complexity index is 3480. The van der Waals surface area contributed by atoms with E-state index in [1.165, 1.54) is 30.9 Å². The van der Waals surface area contributed by atoms with E-state index >= 15 is 9.00 Å². The van der Waals surface area contributed by atoms with Crippen molar-refractivity contribution in [1.82, 2.24) is 46.7 Å². The van der Waals surface area contributed by atoms with E-state index in [4.69, 9.17) is 0 Å². The van der Waals surface area contributed by atoms with Crippen LogP contribution in [0.1, 0.15) is 104 Å². The van der Waals surface area contributed by atoms with Crippen molar-refractivity contribution in [1.29, 1.82) is 0 Å². The van der Waals surface area contributed by atoms with Crippen molar-refractivity contribution >= 4 is 109 Å². The minimum absolute atomic E-state index is 0.0232. The molecule has 3 aromatic rings. The number of benzene rings is 2. The smallest absolute Gasteiger partial charge is 0.253 e. The molecule has 11 N–H and O–H groups in total. The molecule has 3 unspecified atom stereocenters. The minimum Gasteiger partial charge on any atom is -0.394 e. The summed E-state index contributed by atoms with van der Waals surface area (Å²) in [5.74, 6) is -17.2. The molecule has 2 aromatic carbocycles. The molecule has 0 aliphatic carbocycles. The van der Waals surface area contributed by atoms with Gasteiger partial charge in [0, 0.05) is 116 Å². The van der Waals surface area contributed by atoms with Crippen LogP contribution >= 0.6 is 0 Å². The van der Waals surface area contributed by atoms with E-state index < -0.39 is 216 Å². The van der Waals surface area contributed by atoms with Gasteiger partial charge in [-0.3, -0.25) is 81.1 Å². The lowest BCUT2D eigenvalue weighted by Crippen LogP contribution is -2.55. The number of amides is 9. The number of rotatable bonds is 19. The summed E-state index contributed by atoms with van der Waals surface area (Å²) < 4.78 is 15.1. The Kier molecular flexibility index (Phi) is 26.2. The first-order valence-corrected chi connectivity index (χ1v) is 33.3. The normalized spacial score (nSPS) is 24.9. The van der Waals surface area contributed by atoms with Crippen molar-refractivity contribution in [3.8, 4) is 0 Å². The van der Waals surface area contributed by atoms with Gasteiger partial charge >= 0.3 is 0 Å². The lowest BCUT2D eigenvalue weighted by Gasteiger charge is -2.31. The third-order valence-corrected chi connectivity index (χ3v) is 19.6. The minimum atomic E-state index is -2.31. The van der Waals surface area contributed by atoms with Crippen LogP contribution in [0.15, 0.2) is 65.7 Å². The van der Waals surface area contributed by atoms with Gasteiger partial charge in [0.2, 0.25) is 41.4 Å². The third kappa shape index (κ3) is 19.8. The van der Waals surface area contributed by atoms with Crippen LogP contribution in [0.5, 0.6) is 0 Å². The van der Waals surface area contributed by atoms with Crippen LogP contribution < -0.4 is 37.2 Å². The first kappa shape index (κ1) is 73.9. The SMILES string of the molecule is CC[C@H](C)[C@@H]1CC(=O)CNC(=O)[C@H]2CC(=O)[C@H]([C@@H](C)[C@@H](O)CO)NC(=O)[C@@H]3CC(O)CN3CC(=O)[C@H](CC(=O)NCc3ccc(NC(=O)[C@H](C)CC(=O)[C@@H](NC(=O)CCN4C(=O)C=CC4=O)C(C)C)cc3)CC(=O)C(CS(=O)c3[nH]c4ccccc4c3C2)NC(=O)CNC1=O. The topological polar surface area (TPSA) is 423 Å². The number of aromatic nitrogens is 1. The summed E-state index contributed by atoms with van der Waals surface area (Å²) in [5.41, 5.74) is 1.49. The second kappa shape index (κ2) is 33.7. The number of hydrogen-bond acceptors (Lipinski definition) is 19. The number of para-hydroxylation sites is 1. The van der Waals surface area contributed by atoms with Crippen molar-refractivity contribution in [2.24, 2.45) is 41.4 Å². The molecule has 1 aromatic heterocycles. The number of hydrogen-bond donors (Lipinski definition) is 11.